The van der Waals surface area contributed by atoms with Gasteiger partial charge in [0.25, 0.3) is 0 Å². The molecule has 0 spiro atoms. The van der Waals surface area contributed by atoms with Crippen molar-refractivity contribution in [3.63, 3.8) is 0 Å². The normalized spacial score (nSPS) is 10.9. The Bertz CT molecular complexity index is 1200. The Kier molecular flexibility index (Phi) is 13.7. The molecule has 3 aromatic carbocycles. The molecular formula is C32H37ClN2O5. The van der Waals surface area contributed by atoms with E-state index in [1.165, 1.54) is 44.9 Å². The molecule has 40 heavy (non-hydrogen) atoms. The molecule has 0 N–H and O–H groups in total. The van der Waals surface area contributed by atoms with Gasteiger partial charge in [0.2, 0.25) is 0 Å². The van der Waals surface area contributed by atoms with Gasteiger partial charge in [-0.1, -0.05) is 51.9 Å². The van der Waals surface area contributed by atoms with Gasteiger partial charge in [-0.25, -0.2) is 9.59 Å². The van der Waals surface area contributed by atoms with Gasteiger partial charge in [-0.15, -0.1) is 11.6 Å². The van der Waals surface area contributed by atoms with Crippen LogP contribution in [0, 0.1) is 0 Å². The molecular weight excluding hydrogens is 528 g/mol. The number of unbranched alkanes of at least 4 members (excludes halogenated alkanes) is 7. The van der Waals surface area contributed by atoms with Crippen molar-refractivity contribution in [1.29, 1.82) is 0 Å². The zero-order valence-corrected chi connectivity index (χ0v) is 23.8. The largest absolute Gasteiger partial charge is 0.494 e. The van der Waals surface area contributed by atoms with Crippen molar-refractivity contribution in [2.24, 2.45) is 10.2 Å². The molecule has 212 valence electrons. The number of carbonyl (C=O) groups excluding carboxylic acids is 2. The van der Waals surface area contributed by atoms with Gasteiger partial charge in [0.1, 0.15) is 18.1 Å². The summed E-state index contributed by atoms with van der Waals surface area (Å²) in [6.45, 7) is 3.07. The van der Waals surface area contributed by atoms with Gasteiger partial charge < -0.3 is 14.2 Å². The maximum atomic E-state index is 12.5. The van der Waals surface area contributed by atoms with Crippen LogP contribution in [0.2, 0.25) is 0 Å². The third-order valence-electron chi connectivity index (χ3n) is 6.10. The Labute approximate surface area is 241 Å². The lowest BCUT2D eigenvalue weighted by Crippen LogP contribution is -2.08. The summed E-state index contributed by atoms with van der Waals surface area (Å²) in [5.41, 5.74) is 2.02. The van der Waals surface area contributed by atoms with Crippen molar-refractivity contribution in [2.45, 2.75) is 58.3 Å². The number of ether oxygens (including phenoxy) is 3. The quantitative estimate of drug-likeness (QED) is 0.0536. The van der Waals surface area contributed by atoms with Crippen molar-refractivity contribution in [3.05, 3.63) is 83.9 Å². The van der Waals surface area contributed by atoms with E-state index in [1.807, 2.05) is 0 Å². The average Bonchev–Trinajstić information content (AvgIpc) is 2.99. The van der Waals surface area contributed by atoms with E-state index in [2.05, 4.69) is 17.2 Å². The highest BCUT2D eigenvalue weighted by Gasteiger charge is 2.09. The first kappa shape index (κ1) is 30.8. The number of hydrogen-bond acceptors (Lipinski definition) is 7. The van der Waals surface area contributed by atoms with Crippen LogP contribution in [0.25, 0.3) is 0 Å². The van der Waals surface area contributed by atoms with Crippen LogP contribution < -0.4 is 9.47 Å². The summed E-state index contributed by atoms with van der Waals surface area (Å²) < 4.78 is 16.3. The number of hydrogen-bond donors (Lipinski definition) is 0. The predicted octanol–water partition coefficient (Wildman–Crippen LogP) is 9.24. The molecule has 0 saturated heterocycles. The minimum atomic E-state index is -0.450. The summed E-state index contributed by atoms with van der Waals surface area (Å²) in [4.78, 5) is 24.4. The molecule has 3 aromatic rings. The first-order chi connectivity index (χ1) is 19.6. The van der Waals surface area contributed by atoms with Crippen LogP contribution in [0.4, 0.5) is 11.4 Å². The molecule has 0 unspecified atom stereocenters. The molecule has 0 aliphatic carbocycles. The minimum absolute atomic E-state index is 0.161. The Morgan fingerprint density at radius 2 is 1.12 bits per heavy atom. The zero-order chi connectivity index (χ0) is 28.4. The highest BCUT2D eigenvalue weighted by molar-refractivity contribution is 6.18. The van der Waals surface area contributed by atoms with E-state index in [4.69, 9.17) is 25.8 Å². The fraction of sp³-hybridized carbons (Fsp3) is 0.375. The Morgan fingerprint density at radius 3 is 1.73 bits per heavy atom. The lowest BCUT2D eigenvalue weighted by molar-refractivity contribution is 0.0528. The molecule has 0 aliphatic rings. The van der Waals surface area contributed by atoms with Crippen molar-refractivity contribution >= 4 is 34.9 Å². The highest BCUT2D eigenvalue weighted by Crippen LogP contribution is 2.23. The topological polar surface area (TPSA) is 86.5 Å². The number of rotatable bonds is 17. The summed E-state index contributed by atoms with van der Waals surface area (Å²) in [5, 5.41) is 8.35. The number of halogens is 1. The van der Waals surface area contributed by atoms with Crippen LogP contribution in [0.3, 0.4) is 0 Å². The van der Waals surface area contributed by atoms with Crippen molar-refractivity contribution in [2.75, 3.05) is 19.1 Å². The summed E-state index contributed by atoms with van der Waals surface area (Å²) in [6, 6.07) is 20.3. The lowest BCUT2D eigenvalue weighted by Gasteiger charge is -2.08. The van der Waals surface area contributed by atoms with Gasteiger partial charge >= 0.3 is 11.9 Å². The van der Waals surface area contributed by atoms with Crippen molar-refractivity contribution in [1.82, 2.24) is 0 Å². The molecule has 0 aromatic heterocycles. The second-order valence-corrected chi connectivity index (χ2v) is 9.68. The van der Waals surface area contributed by atoms with Gasteiger partial charge in [0.15, 0.2) is 0 Å². The molecule has 0 bridgehead atoms. The van der Waals surface area contributed by atoms with Gasteiger partial charge in [-0.2, -0.15) is 10.2 Å². The third-order valence-corrected chi connectivity index (χ3v) is 6.25. The maximum Gasteiger partial charge on any atom is 0.343 e. The molecule has 0 heterocycles. The predicted molar refractivity (Wildman–Crippen MR) is 158 cm³/mol. The fourth-order valence-corrected chi connectivity index (χ4v) is 3.93. The summed E-state index contributed by atoms with van der Waals surface area (Å²) in [7, 11) is 0. The molecule has 7 nitrogen and oxygen atoms in total. The van der Waals surface area contributed by atoms with Gasteiger partial charge in [-0.05, 0) is 79.2 Å². The van der Waals surface area contributed by atoms with Gasteiger partial charge in [0, 0.05) is 0 Å². The highest BCUT2D eigenvalue weighted by atomic mass is 35.5. The minimum Gasteiger partial charge on any atom is -0.494 e. The van der Waals surface area contributed by atoms with Crippen LogP contribution in [-0.2, 0) is 4.74 Å². The van der Waals surface area contributed by atoms with Gasteiger partial charge in [-0.3, -0.25) is 0 Å². The van der Waals surface area contributed by atoms with E-state index in [9.17, 15) is 9.59 Å². The number of azo groups is 1. The van der Waals surface area contributed by atoms with E-state index in [0.717, 1.165) is 12.2 Å². The number of esters is 2. The molecule has 0 saturated carbocycles. The number of nitrogens with zero attached hydrogens (tertiary/aromatic N) is 2. The van der Waals surface area contributed by atoms with Crippen LogP contribution >= 0.6 is 11.6 Å². The molecule has 0 fully saturated rings. The molecule has 0 atom stereocenters. The van der Waals surface area contributed by atoms with E-state index in [1.54, 1.807) is 72.8 Å². The molecule has 0 radical (unpaired) electrons. The number of alkyl halides is 1. The zero-order valence-electron chi connectivity index (χ0n) is 23.0. The molecule has 0 aliphatic heterocycles. The van der Waals surface area contributed by atoms with E-state index in [0.29, 0.717) is 34.9 Å². The summed E-state index contributed by atoms with van der Waals surface area (Å²) in [5.74, 6) is 0.507. The molecule has 8 heteroatoms. The maximum absolute atomic E-state index is 12.5. The second-order valence-electron chi connectivity index (χ2n) is 9.30. The molecule has 3 rings (SSSR count). The Hall–Kier alpha value is -3.71. The SMILES string of the molecule is CCCCCCCCCCOc1ccc(C(=O)Oc2ccc(N=Nc3ccc(C(=O)OCCCl)cc3)cc2)cc1. The summed E-state index contributed by atoms with van der Waals surface area (Å²) >= 11 is 5.53. The van der Waals surface area contributed by atoms with E-state index in [-0.39, 0.29) is 12.5 Å². The average molecular weight is 565 g/mol. The molecule has 0 amide bonds. The first-order valence-corrected chi connectivity index (χ1v) is 14.4. The van der Waals surface area contributed by atoms with Crippen LogP contribution in [-0.4, -0.2) is 31.0 Å². The first-order valence-electron chi connectivity index (χ1n) is 13.9. The second kappa shape index (κ2) is 17.8. The van der Waals surface area contributed by atoms with Crippen LogP contribution in [0.15, 0.2) is 83.0 Å². The van der Waals surface area contributed by atoms with Crippen molar-refractivity contribution < 1.29 is 23.8 Å². The Morgan fingerprint density at radius 1 is 0.625 bits per heavy atom. The number of benzene rings is 3. The van der Waals surface area contributed by atoms with E-state index >= 15 is 0 Å². The fourth-order valence-electron chi connectivity index (χ4n) is 3.85. The standard InChI is InChI=1S/C32H37ClN2O5/c1-2-3-4-5-6-7-8-9-23-38-29-18-12-26(13-19-29)32(37)40-30-20-16-28(17-21-30)35-34-27-14-10-25(11-15-27)31(36)39-24-22-33/h10-21H,2-9,22-24H2,1H3. The Balaban J connectivity index is 1.39. The third kappa shape index (κ3) is 11.2. The number of carbonyl (C=O) groups is 2. The van der Waals surface area contributed by atoms with Gasteiger partial charge in [0.05, 0.1) is 35.0 Å². The monoisotopic (exact) mass is 564 g/mol. The lowest BCUT2D eigenvalue weighted by atomic mass is 10.1. The summed E-state index contributed by atoms with van der Waals surface area (Å²) in [6.07, 6.45) is 10.1. The van der Waals surface area contributed by atoms with E-state index < -0.39 is 11.9 Å². The smallest absolute Gasteiger partial charge is 0.343 e. The van der Waals surface area contributed by atoms with Crippen LogP contribution in [0.5, 0.6) is 11.5 Å². The van der Waals surface area contributed by atoms with Crippen molar-refractivity contribution in [3.8, 4) is 11.5 Å². The van der Waals surface area contributed by atoms with Crippen LogP contribution in [0.1, 0.15) is 79.0 Å².